The normalized spacial score (nSPS) is 13.8. The predicted molar refractivity (Wildman–Crippen MR) is 150 cm³/mol. The second-order valence-corrected chi connectivity index (χ2v) is 9.56. The van der Waals surface area contributed by atoms with Crippen molar-refractivity contribution in [3.63, 3.8) is 0 Å². The summed E-state index contributed by atoms with van der Waals surface area (Å²) >= 11 is 0. The highest BCUT2D eigenvalue weighted by Crippen LogP contribution is 2.58. The summed E-state index contributed by atoms with van der Waals surface area (Å²) in [6.07, 6.45) is 8.84. The standard InChI is InChI=1S/C31H32N2O5/c1-34-28-26(22-16-32-24-12-8-7-11-20(22)24)29(35-2)31(37-4)27(30(28)36-3)23-17-33-25-14-13-19(15-21(23)25)38-18-9-5-6-10-18/h7-8,11-18,32-33H,5-6,9-10H2,1-4H3. The monoisotopic (exact) mass is 512 g/mol. The van der Waals surface area contributed by atoms with Crippen LogP contribution in [0.15, 0.2) is 54.9 Å². The third kappa shape index (κ3) is 3.81. The molecule has 0 atom stereocenters. The van der Waals surface area contributed by atoms with Gasteiger partial charge in [-0.1, -0.05) is 18.2 Å². The molecule has 0 unspecified atom stereocenters. The van der Waals surface area contributed by atoms with E-state index in [0.29, 0.717) is 23.0 Å². The average molecular weight is 513 g/mol. The van der Waals surface area contributed by atoms with E-state index >= 15 is 0 Å². The first-order chi connectivity index (χ1) is 18.7. The Morgan fingerprint density at radius 1 is 0.632 bits per heavy atom. The van der Waals surface area contributed by atoms with Gasteiger partial charge in [0, 0.05) is 45.3 Å². The number of aromatic amines is 2. The van der Waals surface area contributed by atoms with Crippen LogP contribution in [-0.4, -0.2) is 44.5 Å². The van der Waals surface area contributed by atoms with Gasteiger partial charge in [-0.15, -0.1) is 0 Å². The van der Waals surface area contributed by atoms with Gasteiger partial charge in [0.2, 0.25) is 0 Å². The SMILES string of the molecule is COc1c(OC)c(-c2c[nH]c3ccc(OC4CCCC4)cc23)c(OC)c(OC)c1-c1c[nH]c2ccccc12. The number of nitrogens with one attached hydrogen (secondary N) is 2. The molecule has 1 fully saturated rings. The molecule has 1 aliphatic carbocycles. The fourth-order valence-electron chi connectivity index (χ4n) is 5.79. The van der Waals surface area contributed by atoms with Gasteiger partial charge in [0.15, 0.2) is 23.0 Å². The molecule has 1 saturated carbocycles. The summed E-state index contributed by atoms with van der Waals surface area (Å²) in [5, 5.41) is 2.04. The number of hydrogen-bond acceptors (Lipinski definition) is 5. The average Bonchev–Trinajstić information content (AvgIpc) is 3.71. The molecule has 3 aromatic carbocycles. The molecule has 0 bridgehead atoms. The third-order valence-corrected chi connectivity index (χ3v) is 7.52. The number of aromatic nitrogens is 2. The topological polar surface area (TPSA) is 77.7 Å². The second-order valence-electron chi connectivity index (χ2n) is 9.56. The molecule has 0 radical (unpaired) electrons. The molecule has 0 aliphatic heterocycles. The molecule has 1 aliphatic rings. The van der Waals surface area contributed by atoms with Crippen LogP contribution < -0.4 is 23.7 Å². The number of ether oxygens (including phenoxy) is 5. The molecule has 0 amide bonds. The van der Waals surface area contributed by atoms with E-state index in [1.165, 1.54) is 12.8 Å². The lowest BCUT2D eigenvalue weighted by atomic mass is 9.94. The van der Waals surface area contributed by atoms with Crippen LogP contribution in [0.4, 0.5) is 0 Å². The minimum atomic E-state index is 0.273. The molecule has 7 nitrogen and oxygen atoms in total. The number of benzene rings is 3. The van der Waals surface area contributed by atoms with Gasteiger partial charge in [-0.05, 0) is 49.9 Å². The smallest absolute Gasteiger partial charge is 0.173 e. The Morgan fingerprint density at radius 2 is 1.16 bits per heavy atom. The number of hydrogen-bond donors (Lipinski definition) is 2. The molecule has 5 aromatic rings. The highest BCUT2D eigenvalue weighted by atomic mass is 16.5. The minimum absolute atomic E-state index is 0.273. The number of H-pyrrole nitrogens is 2. The summed E-state index contributed by atoms with van der Waals surface area (Å²) in [5.74, 6) is 3.12. The van der Waals surface area contributed by atoms with Gasteiger partial charge in [-0.2, -0.15) is 0 Å². The highest BCUT2D eigenvalue weighted by Gasteiger charge is 2.31. The summed E-state index contributed by atoms with van der Waals surface area (Å²) < 4.78 is 30.5. The van der Waals surface area contributed by atoms with E-state index < -0.39 is 0 Å². The van der Waals surface area contributed by atoms with Gasteiger partial charge in [0.05, 0.1) is 45.7 Å². The Bertz CT molecular complexity index is 1580. The maximum atomic E-state index is 6.33. The van der Waals surface area contributed by atoms with E-state index in [-0.39, 0.29) is 6.10 Å². The first-order valence-electron chi connectivity index (χ1n) is 12.9. The third-order valence-electron chi connectivity index (χ3n) is 7.52. The number of para-hydroxylation sites is 1. The van der Waals surface area contributed by atoms with Crippen molar-refractivity contribution in [2.75, 3.05) is 28.4 Å². The van der Waals surface area contributed by atoms with Crippen LogP contribution in [0.3, 0.4) is 0 Å². The Labute approximate surface area is 221 Å². The lowest BCUT2D eigenvalue weighted by molar-refractivity contribution is 0.210. The largest absolute Gasteiger partial charge is 0.492 e. The van der Waals surface area contributed by atoms with Crippen LogP contribution in [0.2, 0.25) is 0 Å². The molecule has 2 N–H and O–H groups in total. The van der Waals surface area contributed by atoms with E-state index in [9.17, 15) is 0 Å². The molecule has 0 spiro atoms. The van der Waals surface area contributed by atoms with Crippen LogP contribution in [-0.2, 0) is 0 Å². The fraction of sp³-hybridized carbons (Fsp3) is 0.290. The first-order valence-corrected chi connectivity index (χ1v) is 12.9. The fourth-order valence-corrected chi connectivity index (χ4v) is 5.79. The lowest BCUT2D eigenvalue weighted by Gasteiger charge is -2.23. The first kappa shape index (κ1) is 24.1. The van der Waals surface area contributed by atoms with Crippen molar-refractivity contribution >= 4 is 21.8 Å². The Morgan fingerprint density at radius 3 is 1.74 bits per heavy atom. The van der Waals surface area contributed by atoms with Gasteiger partial charge in [0.1, 0.15) is 5.75 Å². The summed E-state index contributed by atoms with van der Waals surface area (Å²) in [6, 6.07) is 14.3. The van der Waals surface area contributed by atoms with Crippen LogP contribution in [0.5, 0.6) is 28.7 Å². The van der Waals surface area contributed by atoms with Crippen molar-refractivity contribution < 1.29 is 23.7 Å². The molecular weight excluding hydrogens is 480 g/mol. The van der Waals surface area contributed by atoms with Crippen molar-refractivity contribution in [2.24, 2.45) is 0 Å². The van der Waals surface area contributed by atoms with Crippen molar-refractivity contribution in [1.29, 1.82) is 0 Å². The number of methoxy groups -OCH3 is 4. The van der Waals surface area contributed by atoms with E-state index in [4.69, 9.17) is 23.7 Å². The number of fused-ring (bicyclic) bond motifs is 2. The highest BCUT2D eigenvalue weighted by molar-refractivity contribution is 6.06. The predicted octanol–water partition coefficient (Wildman–Crippen LogP) is 7.34. The van der Waals surface area contributed by atoms with E-state index in [0.717, 1.165) is 62.7 Å². The van der Waals surface area contributed by atoms with Crippen LogP contribution in [0.1, 0.15) is 25.7 Å². The summed E-state index contributed by atoms with van der Waals surface area (Å²) in [4.78, 5) is 6.75. The molecule has 2 heterocycles. The van der Waals surface area contributed by atoms with E-state index in [1.54, 1.807) is 28.4 Å². The van der Waals surface area contributed by atoms with Crippen LogP contribution >= 0.6 is 0 Å². The minimum Gasteiger partial charge on any atom is -0.492 e. The van der Waals surface area contributed by atoms with Crippen molar-refractivity contribution in [3.05, 3.63) is 54.9 Å². The Balaban J connectivity index is 1.60. The zero-order valence-electron chi connectivity index (χ0n) is 22.1. The van der Waals surface area contributed by atoms with Crippen LogP contribution in [0, 0.1) is 0 Å². The molecule has 38 heavy (non-hydrogen) atoms. The van der Waals surface area contributed by atoms with Crippen molar-refractivity contribution in [1.82, 2.24) is 9.97 Å². The molecule has 0 saturated heterocycles. The molecule has 7 heteroatoms. The van der Waals surface area contributed by atoms with Crippen LogP contribution in [0.25, 0.3) is 44.1 Å². The van der Waals surface area contributed by atoms with Crippen molar-refractivity contribution in [3.8, 4) is 51.0 Å². The van der Waals surface area contributed by atoms with Gasteiger partial charge >= 0.3 is 0 Å². The lowest BCUT2D eigenvalue weighted by Crippen LogP contribution is -2.10. The van der Waals surface area contributed by atoms with Gasteiger partial charge in [-0.25, -0.2) is 0 Å². The van der Waals surface area contributed by atoms with E-state index in [2.05, 4.69) is 28.2 Å². The molecule has 6 rings (SSSR count). The molecule has 196 valence electrons. The summed E-state index contributed by atoms with van der Waals surface area (Å²) in [7, 11) is 6.59. The molecular formula is C31H32N2O5. The zero-order valence-corrected chi connectivity index (χ0v) is 22.1. The summed E-state index contributed by atoms with van der Waals surface area (Å²) in [6.45, 7) is 0. The van der Waals surface area contributed by atoms with Crippen molar-refractivity contribution in [2.45, 2.75) is 31.8 Å². The second kappa shape index (κ2) is 9.89. The zero-order chi connectivity index (χ0) is 26.2. The number of rotatable bonds is 8. The quantitative estimate of drug-likeness (QED) is 0.227. The van der Waals surface area contributed by atoms with Gasteiger partial charge in [0.25, 0.3) is 0 Å². The maximum Gasteiger partial charge on any atom is 0.173 e. The molecule has 2 aromatic heterocycles. The van der Waals surface area contributed by atoms with Gasteiger partial charge < -0.3 is 33.7 Å². The maximum absolute atomic E-state index is 6.33. The summed E-state index contributed by atoms with van der Waals surface area (Å²) in [5.41, 5.74) is 5.35. The van der Waals surface area contributed by atoms with Gasteiger partial charge in [-0.3, -0.25) is 0 Å². The Kier molecular flexibility index (Phi) is 6.27. The Hall–Kier alpha value is -4.26. The van der Waals surface area contributed by atoms with E-state index in [1.807, 2.05) is 36.7 Å².